The standard InChI is InChI=1S/C12H15ClN2O2S/c1-15(2)9-4-3-8-14-18(16,17)12-7-5-6-11(13)10-12/h5-7,10,14H,8-9H2,1-2H3. The van der Waals surface area contributed by atoms with E-state index in [1.807, 2.05) is 19.0 Å². The van der Waals surface area contributed by atoms with Gasteiger partial charge in [-0.25, -0.2) is 8.42 Å². The van der Waals surface area contributed by atoms with E-state index in [1.54, 1.807) is 12.1 Å². The lowest BCUT2D eigenvalue weighted by Crippen LogP contribution is -2.24. The fraction of sp³-hybridized carbons (Fsp3) is 0.333. The lowest BCUT2D eigenvalue weighted by molar-refractivity contribution is 0.463. The zero-order chi connectivity index (χ0) is 13.6. The van der Waals surface area contributed by atoms with Crippen molar-refractivity contribution in [3.8, 4) is 11.8 Å². The van der Waals surface area contributed by atoms with Crippen molar-refractivity contribution < 1.29 is 8.42 Å². The number of benzene rings is 1. The fourth-order valence-corrected chi connectivity index (χ4v) is 2.35. The van der Waals surface area contributed by atoms with Gasteiger partial charge < -0.3 is 0 Å². The minimum atomic E-state index is -3.53. The van der Waals surface area contributed by atoms with Crippen LogP contribution in [0.3, 0.4) is 0 Å². The molecule has 0 aromatic heterocycles. The maximum Gasteiger partial charge on any atom is 0.241 e. The first-order valence-electron chi connectivity index (χ1n) is 5.27. The molecule has 1 aromatic carbocycles. The van der Waals surface area contributed by atoms with Gasteiger partial charge in [-0.1, -0.05) is 29.5 Å². The van der Waals surface area contributed by atoms with Gasteiger partial charge in [-0.05, 0) is 32.3 Å². The SMILES string of the molecule is CN(C)CC#CCNS(=O)(=O)c1cccc(Cl)c1. The summed E-state index contributed by atoms with van der Waals surface area (Å²) in [5.41, 5.74) is 0. The Bertz CT molecular complexity index is 559. The normalized spacial score (nSPS) is 11.1. The summed E-state index contributed by atoms with van der Waals surface area (Å²) < 4.78 is 26.1. The largest absolute Gasteiger partial charge is 0.299 e. The van der Waals surface area contributed by atoms with Crippen LogP contribution in [0, 0.1) is 11.8 Å². The molecule has 18 heavy (non-hydrogen) atoms. The van der Waals surface area contributed by atoms with Gasteiger partial charge in [-0.3, -0.25) is 4.90 Å². The number of hydrogen-bond donors (Lipinski definition) is 1. The Kier molecular flexibility index (Phi) is 5.63. The molecule has 0 unspecified atom stereocenters. The number of halogens is 1. The predicted octanol–water partition coefficient (Wildman–Crippen LogP) is 1.18. The van der Waals surface area contributed by atoms with Crippen LogP contribution in [0.25, 0.3) is 0 Å². The summed E-state index contributed by atoms with van der Waals surface area (Å²) in [6, 6.07) is 6.10. The monoisotopic (exact) mass is 286 g/mol. The van der Waals surface area contributed by atoms with E-state index in [4.69, 9.17) is 11.6 Å². The van der Waals surface area contributed by atoms with Gasteiger partial charge in [0.25, 0.3) is 0 Å². The number of hydrogen-bond acceptors (Lipinski definition) is 3. The van der Waals surface area contributed by atoms with Crippen LogP contribution in [0.2, 0.25) is 5.02 Å². The molecule has 0 heterocycles. The van der Waals surface area contributed by atoms with Crippen molar-refractivity contribution >= 4 is 21.6 Å². The van der Waals surface area contributed by atoms with Crippen molar-refractivity contribution in [2.24, 2.45) is 0 Å². The molecule has 0 bridgehead atoms. The highest BCUT2D eigenvalue weighted by atomic mass is 35.5. The van der Waals surface area contributed by atoms with Crippen LogP contribution < -0.4 is 4.72 Å². The molecule has 0 aliphatic heterocycles. The topological polar surface area (TPSA) is 49.4 Å². The van der Waals surface area contributed by atoms with Crippen LogP contribution in [0.1, 0.15) is 0 Å². The number of nitrogens with zero attached hydrogens (tertiary/aromatic N) is 1. The average molecular weight is 287 g/mol. The summed E-state index contributed by atoms with van der Waals surface area (Å²) in [5, 5.41) is 0.386. The summed E-state index contributed by atoms with van der Waals surface area (Å²) in [6.45, 7) is 0.682. The Labute approximate surface area is 113 Å². The Morgan fingerprint density at radius 2 is 2.06 bits per heavy atom. The third-order valence-corrected chi connectivity index (χ3v) is 3.61. The predicted molar refractivity (Wildman–Crippen MR) is 73.0 cm³/mol. The molecule has 0 amide bonds. The highest BCUT2D eigenvalue weighted by Crippen LogP contribution is 2.14. The zero-order valence-corrected chi connectivity index (χ0v) is 11.8. The molecule has 0 saturated heterocycles. The van der Waals surface area contributed by atoms with Crippen molar-refractivity contribution in [1.29, 1.82) is 0 Å². The van der Waals surface area contributed by atoms with Crippen LogP contribution in [-0.4, -0.2) is 40.5 Å². The van der Waals surface area contributed by atoms with Crippen LogP contribution in [-0.2, 0) is 10.0 Å². The molecule has 98 valence electrons. The molecule has 0 radical (unpaired) electrons. The number of sulfonamides is 1. The quantitative estimate of drug-likeness (QED) is 0.846. The highest BCUT2D eigenvalue weighted by molar-refractivity contribution is 7.89. The first-order chi connectivity index (χ1) is 8.42. The summed E-state index contributed by atoms with van der Waals surface area (Å²) in [4.78, 5) is 2.04. The van der Waals surface area contributed by atoms with Crippen molar-refractivity contribution in [2.45, 2.75) is 4.90 Å². The summed E-state index contributed by atoms with van der Waals surface area (Å²) >= 11 is 5.74. The fourth-order valence-electron chi connectivity index (χ4n) is 1.13. The van der Waals surface area contributed by atoms with Crippen molar-refractivity contribution in [3.63, 3.8) is 0 Å². The lowest BCUT2D eigenvalue weighted by atomic mass is 10.4. The van der Waals surface area contributed by atoms with E-state index in [-0.39, 0.29) is 11.4 Å². The minimum absolute atomic E-state index is 0.0860. The molecule has 6 heteroatoms. The molecule has 4 nitrogen and oxygen atoms in total. The molecule has 1 aromatic rings. The van der Waals surface area contributed by atoms with Crippen molar-refractivity contribution in [1.82, 2.24) is 9.62 Å². The van der Waals surface area contributed by atoms with Crippen LogP contribution in [0.5, 0.6) is 0 Å². The van der Waals surface area contributed by atoms with Gasteiger partial charge in [0, 0.05) is 5.02 Å². The molecule has 1 rings (SSSR count). The van der Waals surface area contributed by atoms with Gasteiger partial charge >= 0.3 is 0 Å². The second-order valence-electron chi connectivity index (χ2n) is 3.87. The van der Waals surface area contributed by atoms with E-state index in [0.29, 0.717) is 11.6 Å². The second kappa shape index (κ2) is 6.76. The molecule has 0 spiro atoms. The zero-order valence-electron chi connectivity index (χ0n) is 10.3. The summed E-state index contributed by atoms with van der Waals surface area (Å²) in [5.74, 6) is 5.59. The van der Waals surface area contributed by atoms with E-state index < -0.39 is 10.0 Å². The van der Waals surface area contributed by atoms with E-state index in [9.17, 15) is 8.42 Å². The second-order valence-corrected chi connectivity index (χ2v) is 6.08. The van der Waals surface area contributed by atoms with E-state index >= 15 is 0 Å². The third-order valence-electron chi connectivity index (χ3n) is 1.98. The number of rotatable bonds is 4. The minimum Gasteiger partial charge on any atom is -0.299 e. The third kappa shape index (κ3) is 5.07. The number of nitrogens with one attached hydrogen (secondary N) is 1. The molecule has 1 N–H and O–H groups in total. The molecule has 0 saturated carbocycles. The molecular weight excluding hydrogens is 272 g/mol. The smallest absolute Gasteiger partial charge is 0.241 e. The maximum absolute atomic E-state index is 11.8. The van der Waals surface area contributed by atoms with Gasteiger partial charge in [-0.15, -0.1) is 0 Å². The van der Waals surface area contributed by atoms with Crippen molar-refractivity contribution in [2.75, 3.05) is 27.2 Å². The van der Waals surface area contributed by atoms with Gasteiger partial charge in [-0.2, -0.15) is 4.72 Å². The molecule has 0 atom stereocenters. The first-order valence-corrected chi connectivity index (χ1v) is 7.13. The molecular formula is C12H15ClN2O2S. The van der Waals surface area contributed by atoms with E-state index in [2.05, 4.69) is 16.6 Å². The Hall–Kier alpha value is -1.06. The Morgan fingerprint density at radius 1 is 1.33 bits per heavy atom. The van der Waals surface area contributed by atoms with Crippen LogP contribution in [0.15, 0.2) is 29.2 Å². The lowest BCUT2D eigenvalue weighted by Gasteiger charge is -2.04. The van der Waals surface area contributed by atoms with E-state index in [1.165, 1.54) is 12.1 Å². The average Bonchev–Trinajstić information content (AvgIpc) is 2.28. The molecule has 0 aliphatic carbocycles. The summed E-state index contributed by atoms with van der Waals surface area (Å²) in [6.07, 6.45) is 0. The summed E-state index contributed by atoms with van der Waals surface area (Å²) in [7, 11) is 0.253. The van der Waals surface area contributed by atoms with Gasteiger partial charge in [0.2, 0.25) is 10.0 Å². The Balaban J connectivity index is 2.63. The first kappa shape index (κ1) is 15.0. The van der Waals surface area contributed by atoms with Gasteiger partial charge in [0.1, 0.15) is 0 Å². The van der Waals surface area contributed by atoms with E-state index in [0.717, 1.165) is 0 Å². The van der Waals surface area contributed by atoms with Crippen LogP contribution >= 0.6 is 11.6 Å². The Morgan fingerprint density at radius 3 is 2.67 bits per heavy atom. The molecule has 0 aliphatic rings. The van der Waals surface area contributed by atoms with Gasteiger partial charge in [0.05, 0.1) is 18.0 Å². The van der Waals surface area contributed by atoms with Crippen LogP contribution in [0.4, 0.5) is 0 Å². The van der Waals surface area contributed by atoms with Gasteiger partial charge in [0.15, 0.2) is 0 Å². The maximum atomic E-state index is 11.8. The molecule has 0 fully saturated rings. The van der Waals surface area contributed by atoms with Crippen molar-refractivity contribution in [3.05, 3.63) is 29.3 Å². The highest BCUT2D eigenvalue weighted by Gasteiger charge is 2.12.